The lowest BCUT2D eigenvalue weighted by Gasteiger charge is -2.12. The second-order valence-electron chi connectivity index (χ2n) is 6.68. The van der Waals surface area contributed by atoms with E-state index in [0.717, 1.165) is 39.5 Å². The smallest absolute Gasteiger partial charge is 0.258 e. The predicted octanol–water partition coefficient (Wildman–Crippen LogP) is 3.80. The number of para-hydroxylation sites is 2. The van der Waals surface area contributed by atoms with Crippen LogP contribution in [0.4, 0.5) is 0 Å². The second-order valence-corrected chi connectivity index (χ2v) is 6.68. The molecule has 3 aromatic rings. The molecule has 3 rings (SSSR count). The van der Waals surface area contributed by atoms with E-state index in [4.69, 9.17) is 4.74 Å². The van der Waals surface area contributed by atoms with Gasteiger partial charge in [-0.05, 0) is 51.0 Å². The second kappa shape index (κ2) is 8.08. The zero-order valence-electron chi connectivity index (χ0n) is 16.2. The number of ether oxygens (including phenoxy) is 1. The molecule has 27 heavy (non-hydrogen) atoms. The molecule has 0 aliphatic heterocycles. The van der Waals surface area contributed by atoms with Crippen molar-refractivity contribution in [1.82, 2.24) is 15.1 Å². The fraction of sp³-hybridized carbons (Fsp3) is 0.273. The van der Waals surface area contributed by atoms with Gasteiger partial charge >= 0.3 is 0 Å². The lowest BCUT2D eigenvalue weighted by atomic mass is 10.1. The first-order valence-corrected chi connectivity index (χ1v) is 9.03. The standard InChI is InChI=1S/C22H25N3O2/c1-15-9-8-10-16(2)22(15)27-14-21(26)23-13-20-17(3)24-25(18(20)4)19-11-6-5-7-12-19/h5-12H,13-14H2,1-4H3,(H,23,26). The van der Waals surface area contributed by atoms with Gasteiger partial charge in [0.05, 0.1) is 11.4 Å². The van der Waals surface area contributed by atoms with Gasteiger partial charge in [-0.1, -0.05) is 36.4 Å². The number of amides is 1. The first-order valence-electron chi connectivity index (χ1n) is 9.03. The van der Waals surface area contributed by atoms with Crippen LogP contribution in [0, 0.1) is 27.7 Å². The Morgan fingerprint density at radius 3 is 2.33 bits per heavy atom. The number of aryl methyl sites for hydroxylation is 3. The molecular weight excluding hydrogens is 338 g/mol. The van der Waals surface area contributed by atoms with Crippen molar-refractivity contribution in [2.45, 2.75) is 34.2 Å². The van der Waals surface area contributed by atoms with Gasteiger partial charge in [-0.25, -0.2) is 4.68 Å². The number of carbonyl (C=O) groups is 1. The average molecular weight is 363 g/mol. The van der Waals surface area contributed by atoms with Gasteiger partial charge < -0.3 is 10.1 Å². The average Bonchev–Trinajstić information content (AvgIpc) is 2.94. The van der Waals surface area contributed by atoms with E-state index in [1.165, 1.54) is 0 Å². The highest BCUT2D eigenvalue weighted by molar-refractivity contribution is 5.77. The SMILES string of the molecule is Cc1cccc(C)c1OCC(=O)NCc1c(C)nn(-c2ccccc2)c1C. The van der Waals surface area contributed by atoms with Gasteiger partial charge in [0.15, 0.2) is 6.61 Å². The van der Waals surface area contributed by atoms with Crippen LogP contribution < -0.4 is 10.1 Å². The van der Waals surface area contributed by atoms with E-state index < -0.39 is 0 Å². The van der Waals surface area contributed by atoms with Crippen LogP contribution in [0.3, 0.4) is 0 Å². The highest BCUT2D eigenvalue weighted by Crippen LogP contribution is 2.22. The Labute approximate surface area is 160 Å². The van der Waals surface area contributed by atoms with Gasteiger partial charge in [-0.3, -0.25) is 4.79 Å². The number of nitrogens with one attached hydrogen (secondary N) is 1. The normalized spacial score (nSPS) is 10.7. The minimum Gasteiger partial charge on any atom is -0.483 e. The molecule has 0 saturated carbocycles. The maximum atomic E-state index is 12.2. The van der Waals surface area contributed by atoms with Crippen molar-refractivity contribution < 1.29 is 9.53 Å². The summed E-state index contributed by atoms with van der Waals surface area (Å²) in [5, 5.41) is 7.55. The molecular formula is C22H25N3O2. The van der Waals surface area contributed by atoms with Gasteiger partial charge in [-0.2, -0.15) is 5.10 Å². The zero-order chi connectivity index (χ0) is 19.4. The summed E-state index contributed by atoms with van der Waals surface area (Å²) in [7, 11) is 0. The molecule has 0 aliphatic carbocycles. The van der Waals surface area contributed by atoms with Crippen molar-refractivity contribution in [2.75, 3.05) is 6.61 Å². The van der Waals surface area contributed by atoms with Crippen molar-refractivity contribution in [3.05, 3.63) is 76.6 Å². The van der Waals surface area contributed by atoms with E-state index in [2.05, 4.69) is 10.4 Å². The number of nitrogens with zero attached hydrogens (tertiary/aromatic N) is 2. The summed E-state index contributed by atoms with van der Waals surface area (Å²) >= 11 is 0. The third kappa shape index (κ3) is 4.19. The molecule has 1 N–H and O–H groups in total. The van der Waals surface area contributed by atoms with Crippen LogP contribution >= 0.6 is 0 Å². The fourth-order valence-corrected chi connectivity index (χ4v) is 3.15. The predicted molar refractivity (Wildman–Crippen MR) is 106 cm³/mol. The summed E-state index contributed by atoms with van der Waals surface area (Å²) in [5.74, 6) is 0.626. The minimum absolute atomic E-state index is 0.00336. The summed E-state index contributed by atoms with van der Waals surface area (Å²) in [6.45, 7) is 8.36. The Morgan fingerprint density at radius 1 is 1.00 bits per heavy atom. The highest BCUT2D eigenvalue weighted by atomic mass is 16.5. The molecule has 140 valence electrons. The van der Waals surface area contributed by atoms with Crippen molar-refractivity contribution in [2.24, 2.45) is 0 Å². The molecule has 5 heteroatoms. The van der Waals surface area contributed by atoms with E-state index in [-0.39, 0.29) is 12.5 Å². The topological polar surface area (TPSA) is 56.1 Å². The number of benzene rings is 2. The quantitative estimate of drug-likeness (QED) is 0.725. The summed E-state index contributed by atoms with van der Waals surface area (Å²) < 4.78 is 7.63. The lowest BCUT2D eigenvalue weighted by molar-refractivity contribution is -0.123. The molecule has 2 aromatic carbocycles. The van der Waals surface area contributed by atoms with Crippen LogP contribution in [0.25, 0.3) is 5.69 Å². The molecule has 0 fully saturated rings. The molecule has 0 radical (unpaired) electrons. The van der Waals surface area contributed by atoms with Crippen molar-refractivity contribution in [3.63, 3.8) is 0 Å². The molecule has 0 aliphatic rings. The Hall–Kier alpha value is -3.08. The van der Waals surface area contributed by atoms with Crippen LogP contribution in [0.5, 0.6) is 5.75 Å². The van der Waals surface area contributed by atoms with Crippen molar-refractivity contribution >= 4 is 5.91 Å². The summed E-state index contributed by atoms with van der Waals surface area (Å²) in [6.07, 6.45) is 0. The third-order valence-electron chi connectivity index (χ3n) is 4.66. The third-order valence-corrected chi connectivity index (χ3v) is 4.66. The van der Waals surface area contributed by atoms with Crippen LogP contribution in [-0.4, -0.2) is 22.3 Å². The maximum Gasteiger partial charge on any atom is 0.258 e. The number of hydrogen-bond acceptors (Lipinski definition) is 3. The van der Waals surface area contributed by atoms with E-state index in [1.807, 2.05) is 80.9 Å². The largest absolute Gasteiger partial charge is 0.483 e. The molecule has 0 spiro atoms. The first kappa shape index (κ1) is 18.7. The Kier molecular flexibility index (Phi) is 5.60. The van der Waals surface area contributed by atoms with Crippen molar-refractivity contribution in [3.8, 4) is 11.4 Å². The van der Waals surface area contributed by atoms with E-state index in [9.17, 15) is 4.79 Å². The molecule has 0 saturated heterocycles. The molecule has 0 atom stereocenters. The van der Waals surface area contributed by atoms with Gasteiger partial charge in [0, 0.05) is 17.8 Å². The molecule has 5 nitrogen and oxygen atoms in total. The van der Waals surface area contributed by atoms with E-state index in [0.29, 0.717) is 6.54 Å². The maximum absolute atomic E-state index is 12.2. The van der Waals surface area contributed by atoms with Gasteiger partial charge in [0.1, 0.15) is 5.75 Å². The summed E-state index contributed by atoms with van der Waals surface area (Å²) in [4.78, 5) is 12.2. The highest BCUT2D eigenvalue weighted by Gasteiger charge is 2.14. The fourth-order valence-electron chi connectivity index (χ4n) is 3.15. The Morgan fingerprint density at radius 2 is 1.67 bits per heavy atom. The number of carbonyl (C=O) groups excluding carboxylic acids is 1. The van der Waals surface area contributed by atoms with Crippen LogP contribution in [0.15, 0.2) is 48.5 Å². The minimum atomic E-state index is -0.149. The Bertz CT molecular complexity index is 925. The molecule has 0 bridgehead atoms. The Balaban J connectivity index is 1.63. The molecule has 0 unspecified atom stereocenters. The van der Waals surface area contributed by atoms with Gasteiger partial charge in [0.25, 0.3) is 5.91 Å². The molecule has 1 heterocycles. The first-order chi connectivity index (χ1) is 13.0. The summed E-state index contributed by atoms with van der Waals surface area (Å²) in [5.41, 5.74) is 6.02. The van der Waals surface area contributed by atoms with Crippen LogP contribution in [0.1, 0.15) is 28.1 Å². The van der Waals surface area contributed by atoms with Gasteiger partial charge in [0.2, 0.25) is 0 Å². The molecule has 1 amide bonds. The molecule has 1 aromatic heterocycles. The lowest BCUT2D eigenvalue weighted by Crippen LogP contribution is -2.29. The number of aromatic nitrogens is 2. The van der Waals surface area contributed by atoms with Crippen LogP contribution in [0.2, 0.25) is 0 Å². The zero-order valence-corrected chi connectivity index (χ0v) is 16.2. The van der Waals surface area contributed by atoms with Crippen molar-refractivity contribution in [1.29, 1.82) is 0 Å². The van der Waals surface area contributed by atoms with E-state index >= 15 is 0 Å². The van der Waals surface area contributed by atoms with E-state index in [1.54, 1.807) is 0 Å². The number of rotatable bonds is 6. The monoisotopic (exact) mass is 363 g/mol. The van der Waals surface area contributed by atoms with Crippen LogP contribution in [-0.2, 0) is 11.3 Å². The van der Waals surface area contributed by atoms with Gasteiger partial charge in [-0.15, -0.1) is 0 Å². The number of hydrogen-bond donors (Lipinski definition) is 1. The summed E-state index contributed by atoms with van der Waals surface area (Å²) in [6, 6.07) is 15.9.